The zero-order valence-corrected chi connectivity index (χ0v) is 12.2. The van der Waals surface area contributed by atoms with Crippen molar-refractivity contribution in [3.05, 3.63) is 30.5 Å². The molecule has 1 aromatic heterocycles. The van der Waals surface area contributed by atoms with Crippen molar-refractivity contribution in [2.24, 2.45) is 5.92 Å². The summed E-state index contributed by atoms with van der Waals surface area (Å²) in [6, 6.07) is 8.08. The van der Waals surface area contributed by atoms with Crippen LogP contribution in [0.25, 0.3) is 10.9 Å². The minimum Gasteiger partial charge on any atom is -0.389 e. The lowest BCUT2D eigenvalue weighted by molar-refractivity contribution is -0.0614. The number of aromatic nitrogens is 2. The molecule has 1 N–H and O–H groups in total. The molecule has 2 unspecified atom stereocenters. The van der Waals surface area contributed by atoms with Crippen molar-refractivity contribution >= 4 is 16.9 Å². The smallest absolute Gasteiger partial charge is 0.225 e. The third kappa shape index (κ3) is 2.27. The van der Waals surface area contributed by atoms with E-state index in [1.807, 2.05) is 30.5 Å². The van der Waals surface area contributed by atoms with Crippen LogP contribution < -0.4 is 4.90 Å². The molecule has 2 heterocycles. The third-order valence-corrected chi connectivity index (χ3v) is 5.19. The van der Waals surface area contributed by atoms with E-state index in [9.17, 15) is 5.11 Å². The van der Waals surface area contributed by atoms with Gasteiger partial charge in [-0.25, -0.2) is 9.97 Å². The average Bonchev–Trinajstić information content (AvgIpc) is 2.53. The summed E-state index contributed by atoms with van der Waals surface area (Å²) in [6.07, 6.45) is 7.23. The molecule has 4 nitrogen and oxygen atoms in total. The minimum atomic E-state index is -0.439. The number of hydrogen-bond donors (Lipinski definition) is 1. The first-order valence-corrected chi connectivity index (χ1v) is 7.94. The first-order chi connectivity index (χ1) is 10.2. The van der Waals surface area contributed by atoms with Gasteiger partial charge in [0, 0.05) is 30.6 Å². The van der Waals surface area contributed by atoms with Crippen molar-refractivity contribution in [2.45, 2.75) is 37.7 Å². The summed E-state index contributed by atoms with van der Waals surface area (Å²) in [5.74, 6) is 1.18. The molecule has 2 aliphatic rings. The molecule has 0 bridgehead atoms. The summed E-state index contributed by atoms with van der Waals surface area (Å²) in [4.78, 5) is 11.5. The molecule has 0 amide bonds. The Balaban J connectivity index is 1.61. The predicted molar refractivity (Wildman–Crippen MR) is 83.3 cm³/mol. The van der Waals surface area contributed by atoms with Gasteiger partial charge in [-0.15, -0.1) is 0 Å². The lowest BCUT2D eigenvalue weighted by Gasteiger charge is -2.47. The van der Waals surface area contributed by atoms with E-state index < -0.39 is 5.60 Å². The summed E-state index contributed by atoms with van der Waals surface area (Å²) >= 11 is 0. The number of nitrogens with zero attached hydrogens (tertiary/aromatic N) is 3. The van der Waals surface area contributed by atoms with Crippen LogP contribution in [0.15, 0.2) is 30.5 Å². The number of rotatable bonds is 1. The van der Waals surface area contributed by atoms with Crippen molar-refractivity contribution < 1.29 is 5.11 Å². The summed E-state index contributed by atoms with van der Waals surface area (Å²) in [5.41, 5.74) is 0.554. The van der Waals surface area contributed by atoms with Crippen LogP contribution in [0.2, 0.25) is 0 Å². The molecule has 0 spiro atoms. The van der Waals surface area contributed by atoms with Crippen LogP contribution in [0, 0.1) is 5.92 Å². The fraction of sp³-hybridized carbons (Fsp3) is 0.529. The second-order valence-corrected chi connectivity index (χ2v) is 6.47. The maximum atomic E-state index is 10.8. The van der Waals surface area contributed by atoms with Gasteiger partial charge in [-0.1, -0.05) is 31.0 Å². The monoisotopic (exact) mass is 283 g/mol. The molecule has 1 saturated carbocycles. The van der Waals surface area contributed by atoms with E-state index in [2.05, 4.69) is 9.88 Å². The first-order valence-electron chi connectivity index (χ1n) is 7.94. The van der Waals surface area contributed by atoms with Gasteiger partial charge in [0.25, 0.3) is 0 Å². The number of aliphatic hydroxyl groups is 1. The highest BCUT2D eigenvalue weighted by molar-refractivity contribution is 5.78. The van der Waals surface area contributed by atoms with Crippen LogP contribution >= 0.6 is 0 Å². The fourth-order valence-electron chi connectivity index (χ4n) is 3.87. The lowest BCUT2D eigenvalue weighted by atomic mass is 9.71. The van der Waals surface area contributed by atoms with Crippen LogP contribution in [0.5, 0.6) is 0 Å². The number of para-hydroxylation sites is 1. The molecule has 1 saturated heterocycles. The Kier molecular flexibility index (Phi) is 3.07. The number of hydrogen-bond acceptors (Lipinski definition) is 4. The highest BCUT2D eigenvalue weighted by atomic mass is 16.3. The van der Waals surface area contributed by atoms with Crippen molar-refractivity contribution in [3.63, 3.8) is 0 Å². The van der Waals surface area contributed by atoms with Crippen molar-refractivity contribution in [2.75, 3.05) is 18.0 Å². The van der Waals surface area contributed by atoms with Crippen LogP contribution in [0.1, 0.15) is 32.1 Å². The SMILES string of the molecule is OC12CCCCC1CN(c1ncc3ccccc3n1)CC2. The summed E-state index contributed by atoms with van der Waals surface area (Å²) in [5, 5.41) is 11.8. The standard InChI is InChI=1S/C17H21N3O/c21-17-8-4-3-6-14(17)12-20(10-9-17)16-18-11-13-5-1-2-7-15(13)19-16/h1-2,5,7,11,14,21H,3-4,6,8-10,12H2. The maximum absolute atomic E-state index is 10.8. The zero-order chi connectivity index (χ0) is 14.3. The molecular weight excluding hydrogens is 262 g/mol. The third-order valence-electron chi connectivity index (χ3n) is 5.19. The van der Waals surface area contributed by atoms with E-state index in [1.54, 1.807) is 0 Å². The number of anilines is 1. The van der Waals surface area contributed by atoms with Crippen LogP contribution in [0.3, 0.4) is 0 Å². The van der Waals surface area contributed by atoms with Crippen molar-refractivity contribution in [1.82, 2.24) is 9.97 Å². The fourth-order valence-corrected chi connectivity index (χ4v) is 3.87. The van der Waals surface area contributed by atoms with E-state index in [4.69, 9.17) is 4.98 Å². The van der Waals surface area contributed by atoms with Gasteiger partial charge < -0.3 is 10.0 Å². The molecule has 0 radical (unpaired) electrons. The zero-order valence-electron chi connectivity index (χ0n) is 12.2. The van der Waals surface area contributed by atoms with Gasteiger partial charge in [0.05, 0.1) is 11.1 Å². The van der Waals surface area contributed by atoms with Gasteiger partial charge in [-0.05, 0) is 25.3 Å². The van der Waals surface area contributed by atoms with E-state index in [1.165, 1.54) is 12.8 Å². The molecule has 2 atom stereocenters. The second kappa shape index (κ2) is 4.95. The molecule has 2 aromatic rings. The van der Waals surface area contributed by atoms with Gasteiger partial charge in [0.15, 0.2) is 0 Å². The molecule has 110 valence electrons. The Morgan fingerprint density at radius 1 is 1.19 bits per heavy atom. The number of piperidine rings is 1. The first kappa shape index (κ1) is 13.0. The van der Waals surface area contributed by atoms with Gasteiger partial charge in [0.2, 0.25) is 5.95 Å². The Labute approximate surface area is 124 Å². The molecular formula is C17H21N3O. The van der Waals surface area contributed by atoms with Gasteiger partial charge in [-0.3, -0.25) is 0 Å². The Morgan fingerprint density at radius 3 is 3.05 bits per heavy atom. The topological polar surface area (TPSA) is 49.2 Å². The predicted octanol–water partition coefficient (Wildman–Crippen LogP) is 2.76. The average molecular weight is 283 g/mol. The van der Waals surface area contributed by atoms with E-state index in [0.717, 1.165) is 49.2 Å². The molecule has 2 fully saturated rings. The Morgan fingerprint density at radius 2 is 2.10 bits per heavy atom. The number of fused-ring (bicyclic) bond motifs is 2. The second-order valence-electron chi connectivity index (χ2n) is 6.47. The van der Waals surface area contributed by atoms with E-state index in [-0.39, 0.29) is 0 Å². The minimum absolute atomic E-state index is 0.370. The van der Waals surface area contributed by atoms with E-state index >= 15 is 0 Å². The van der Waals surface area contributed by atoms with Gasteiger partial charge >= 0.3 is 0 Å². The number of benzene rings is 1. The molecule has 1 aliphatic carbocycles. The van der Waals surface area contributed by atoms with Crippen LogP contribution in [-0.4, -0.2) is 33.8 Å². The highest BCUT2D eigenvalue weighted by Crippen LogP contribution is 2.40. The molecule has 1 aliphatic heterocycles. The normalized spacial score (nSPS) is 29.4. The van der Waals surface area contributed by atoms with Gasteiger partial charge in [-0.2, -0.15) is 0 Å². The van der Waals surface area contributed by atoms with E-state index in [0.29, 0.717) is 5.92 Å². The van der Waals surface area contributed by atoms with Crippen LogP contribution in [0.4, 0.5) is 5.95 Å². The Hall–Kier alpha value is -1.68. The molecule has 4 heteroatoms. The molecule has 21 heavy (non-hydrogen) atoms. The molecule has 4 rings (SSSR count). The Bertz CT molecular complexity index is 659. The summed E-state index contributed by atoms with van der Waals surface area (Å²) in [7, 11) is 0. The maximum Gasteiger partial charge on any atom is 0.225 e. The van der Waals surface area contributed by atoms with Crippen molar-refractivity contribution in [1.29, 1.82) is 0 Å². The largest absolute Gasteiger partial charge is 0.389 e. The highest BCUT2D eigenvalue weighted by Gasteiger charge is 2.43. The quantitative estimate of drug-likeness (QED) is 0.874. The summed E-state index contributed by atoms with van der Waals surface area (Å²) < 4.78 is 0. The molecule has 1 aromatic carbocycles. The van der Waals surface area contributed by atoms with Crippen molar-refractivity contribution in [3.8, 4) is 0 Å². The van der Waals surface area contributed by atoms with Crippen LogP contribution in [-0.2, 0) is 0 Å². The lowest BCUT2D eigenvalue weighted by Crippen LogP contribution is -2.53. The van der Waals surface area contributed by atoms with Gasteiger partial charge in [0.1, 0.15) is 0 Å². The summed E-state index contributed by atoms with van der Waals surface area (Å²) in [6.45, 7) is 1.74.